The Kier molecular flexibility index (Phi) is 11.1. The molecule has 9 aromatic carbocycles. The van der Waals surface area contributed by atoms with Crippen molar-refractivity contribution in [1.29, 1.82) is 0 Å². The fourth-order valence-electron chi connectivity index (χ4n) is 9.64. The van der Waals surface area contributed by atoms with E-state index < -0.39 is 0 Å². The van der Waals surface area contributed by atoms with Crippen molar-refractivity contribution in [3.63, 3.8) is 0 Å². The third-order valence-electron chi connectivity index (χ3n) is 11.9. The third kappa shape index (κ3) is 5.58. The van der Waals surface area contributed by atoms with E-state index in [1.165, 1.54) is 0 Å². The molecule has 0 fully saturated rings. The van der Waals surface area contributed by atoms with Gasteiger partial charge in [0.15, 0.2) is 46.0 Å². The maximum absolute atomic E-state index is 15.7. The molecule has 0 unspecified atom stereocenters. The summed E-state index contributed by atoms with van der Waals surface area (Å²) in [6, 6.07) is 0. The van der Waals surface area contributed by atoms with Gasteiger partial charge in [-0.3, -0.25) is 14.4 Å². The maximum atomic E-state index is 15.7. The molecule has 0 radical (unpaired) electrons. The molecule has 9 rings (SSSR count). The fraction of sp³-hybridized carbons (Fsp3) is 0.471. The second-order valence-corrected chi connectivity index (χ2v) is 16.4. The monoisotopic (exact) mass is 844 g/mol. The highest BCUT2D eigenvalue weighted by Crippen LogP contribution is 2.64. The topological polar surface area (TPSA) is 125 Å². The van der Waals surface area contributed by atoms with Crippen LogP contribution in [0.5, 0.6) is 46.0 Å². The lowest BCUT2D eigenvalue weighted by atomic mass is 9.83. The molecule has 0 saturated carbocycles. The standard InChI is InChI=1S/C51H56O11/c1-9-17-55-44-33-25-26-28-30-32-31-29-27(25)35(46(44)57-19-11-3)41(52)37(29)48(59-21-13-5)50(61-23-15-7)39(31)43(54)40(32)51(62-24-16-8)49(60-22-14-6)38(30)42(53)36(28)47(58-20-12-4)45(34(26)33)56-18-10-2/h9-24H2,1-8H3. The molecule has 11 heteroatoms. The summed E-state index contributed by atoms with van der Waals surface area (Å²) in [5.41, 5.74) is -0.948. The zero-order chi connectivity index (χ0) is 43.6. The molecule has 11 nitrogen and oxygen atoms in total. The van der Waals surface area contributed by atoms with Crippen LogP contribution in [0.2, 0.25) is 0 Å². The Bertz CT molecular complexity index is 2980. The first-order valence-electron chi connectivity index (χ1n) is 23.0. The van der Waals surface area contributed by atoms with Crippen LogP contribution >= 0.6 is 0 Å². The summed E-state index contributed by atoms with van der Waals surface area (Å²) in [5.74, 6) is 2.43. The average Bonchev–Trinajstić information content (AvgIpc) is 3.84. The first kappa shape index (κ1) is 41.6. The zero-order valence-electron chi connectivity index (χ0n) is 37.3. The normalized spacial score (nSPS) is 12.5. The van der Waals surface area contributed by atoms with E-state index in [2.05, 4.69) is 0 Å². The lowest BCUT2D eigenvalue weighted by molar-refractivity contribution is 0.272. The molecule has 0 aromatic heterocycles. The Morgan fingerprint density at radius 3 is 0.484 bits per heavy atom. The largest absolute Gasteiger partial charge is 0.489 e. The number of ether oxygens (including phenoxy) is 8. The van der Waals surface area contributed by atoms with Gasteiger partial charge in [-0.15, -0.1) is 0 Å². The molecule has 0 aliphatic rings. The van der Waals surface area contributed by atoms with Crippen molar-refractivity contribution in [2.24, 2.45) is 0 Å². The Morgan fingerprint density at radius 1 is 0.210 bits per heavy atom. The molecule has 0 amide bonds. The molecule has 0 atom stereocenters. The first-order chi connectivity index (χ1) is 30.3. The van der Waals surface area contributed by atoms with Crippen LogP contribution < -0.4 is 54.2 Å². The van der Waals surface area contributed by atoms with Crippen LogP contribution in [0.25, 0.3) is 86.2 Å². The predicted octanol–water partition coefficient (Wildman–Crippen LogP) is 11.4. The minimum absolute atomic E-state index is 0.209. The number of hydrogen-bond acceptors (Lipinski definition) is 11. The molecule has 326 valence electrons. The molecule has 62 heavy (non-hydrogen) atoms. The van der Waals surface area contributed by atoms with Crippen molar-refractivity contribution >= 4 is 86.2 Å². The third-order valence-corrected chi connectivity index (χ3v) is 11.9. The van der Waals surface area contributed by atoms with Gasteiger partial charge >= 0.3 is 0 Å². The van der Waals surface area contributed by atoms with Gasteiger partial charge in [0.25, 0.3) is 0 Å². The summed E-state index contributed by atoms with van der Waals surface area (Å²) >= 11 is 0. The molecule has 9 aromatic rings. The summed E-state index contributed by atoms with van der Waals surface area (Å²) < 4.78 is 53.3. The van der Waals surface area contributed by atoms with Gasteiger partial charge < -0.3 is 37.9 Å². The smallest absolute Gasteiger partial charge is 0.202 e. The van der Waals surface area contributed by atoms with Crippen molar-refractivity contribution in [3.8, 4) is 46.0 Å². The average molecular weight is 845 g/mol. The number of rotatable bonds is 24. The second kappa shape index (κ2) is 16.5. The second-order valence-electron chi connectivity index (χ2n) is 16.4. The molecular formula is C51H56O11. The van der Waals surface area contributed by atoms with E-state index >= 15 is 14.4 Å². The van der Waals surface area contributed by atoms with Gasteiger partial charge in [-0.1, -0.05) is 55.4 Å². The number of hydrogen-bond donors (Lipinski definition) is 0. The molecule has 0 spiro atoms. The lowest BCUT2D eigenvalue weighted by Crippen LogP contribution is -2.10. The minimum atomic E-state index is -0.345. The van der Waals surface area contributed by atoms with Crippen LogP contribution in [-0.2, 0) is 0 Å². The molecule has 0 aliphatic carbocycles. The summed E-state index contributed by atoms with van der Waals surface area (Å²) in [5, 5.41) is 8.22. The highest BCUT2D eigenvalue weighted by Gasteiger charge is 2.41. The fourth-order valence-corrected chi connectivity index (χ4v) is 9.64. The van der Waals surface area contributed by atoms with Gasteiger partial charge in [-0.25, -0.2) is 0 Å². The lowest BCUT2D eigenvalue weighted by Gasteiger charge is -2.26. The molecule has 0 bridgehead atoms. The van der Waals surface area contributed by atoms with Crippen molar-refractivity contribution in [3.05, 3.63) is 30.7 Å². The predicted molar refractivity (Wildman–Crippen MR) is 250 cm³/mol. The van der Waals surface area contributed by atoms with E-state index in [0.29, 0.717) is 155 Å². The highest BCUT2D eigenvalue weighted by atomic mass is 16.5. The summed E-state index contributed by atoms with van der Waals surface area (Å²) in [6.07, 6.45) is 5.34. The van der Waals surface area contributed by atoms with Crippen LogP contribution in [-0.4, -0.2) is 52.9 Å². The van der Waals surface area contributed by atoms with Gasteiger partial charge in [0.1, 0.15) is 0 Å². The van der Waals surface area contributed by atoms with Crippen molar-refractivity contribution in [2.75, 3.05) is 52.9 Å². The molecule has 0 aliphatic heterocycles. The molecular weight excluding hydrogens is 789 g/mol. The summed E-state index contributed by atoms with van der Waals surface area (Å²) in [7, 11) is 0. The van der Waals surface area contributed by atoms with E-state index in [0.717, 1.165) is 21.5 Å². The molecule has 0 heterocycles. The van der Waals surface area contributed by atoms with Gasteiger partial charge in [-0.05, 0) is 51.4 Å². The van der Waals surface area contributed by atoms with Crippen LogP contribution in [0.3, 0.4) is 0 Å². The Morgan fingerprint density at radius 2 is 0.339 bits per heavy atom. The summed E-state index contributed by atoms with van der Waals surface area (Å²) in [6.45, 7) is 18.5. The van der Waals surface area contributed by atoms with Gasteiger partial charge in [0.05, 0.1) is 85.2 Å². The first-order valence-corrected chi connectivity index (χ1v) is 23.0. The van der Waals surface area contributed by atoms with Crippen LogP contribution in [0.1, 0.15) is 107 Å². The van der Waals surface area contributed by atoms with E-state index in [1.807, 2.05) is 55.4 Å². The SMILES string of the molecule is CCCOc1c(OCCC)c2c(=O)c3c(OCCC)c(OCCC)c4c5c(OCCC)c(OCCC)c6c(=O)c7c(OCCC)c(OCCC)c8c(=O)c1c1c8c7c6c5c4c3c21. The van der Waals surface area contributed by atoms with E-state index in [9.17, 15) is 0 Å². The zero-order valence-corrected chi connectivity index (χ0v) is 37.3. The highest BCUT2D eigenvalue weighted by molar-refractivity contribution is 6.55. The maximum Gasteiger partial charge on any atom is 0.202 e. The number of fused-ring (bicyclic) bond motifs is 1. The van der Waals surface area contributed by atoms with E-state index in [4.69, 9.17) is 37.9 Å². The van der Waals surface area contributed by atoms with E-state index in [1.54, 1.807) is 0 Å². The van der Waals surface area contributed by atoms with Crippen LogP contribution in [0.15, 0.2) is 14.4 Å². The Balaban J connectivity index is 1.71. The Labute approximate surface area is 359 Å². The van der Waals surface area contributed by atoms with Crippen molar-refractivity contribution in [1.82, 2.24) is 0 Å². The van der Waals surface area contributed by atoms with E-state index in [-0.39, 0.29) is 76.5 Å². The van der Waals surface area contributed by atoms with Gasteiger partial charge in [-0.2, -0.15) is 0 Å². The number of benzene rings is 4. The quantitative estimate of drug-likeness (QED) is 0.0577. The molecule has 0 saturated heterocycles. The minimum Gasteiger partial charge on any atom is -0.489 e. The van der Waals surface area contributed by atoms with Crippen LogP contribution in [0, 0.1) is 0 Å². The van der Waals surface area contributed by atoms with Crippen molar-refractivity contribution in [2.45, 2.75) is 107 Å². The van der Waals surface area contributed by atoms with Gasteiger partial charge in [0, 0.05) is 53.9 Å². The van der Waals surface area contributed by atoms with Crippen LogP contribution in [0.4, 0.5) is 0 Å². The van der Waals surface area contributed by atoms with Crippen molar-refractivity contribution < 1.29 is 37.9 Å². The molecule has 0 N–H and O–H groups in total. The summed E-state index contributed by atoms with van der Waals surface area (Å²) in [4.78, 5) is 47.2. The Hall–Kier alpha value is -5.71. The van der Waals surface area contributed by atoms with Gasteiger partial charge in [0.2, 0.25) is 16.3 Å².